The summed E-state index contributed by atoms with van der Waals surface area (Å²) in [6.07, 6.45) is 0. The highest BCUT2D eigenvalue weighted by Gasteiger charge is 2.20. The molecule has 0 radical (unpaired) electrons. The van der Waals surface area contributed by atoms with Gasteiger partial charge in [-0.25, -0.2) is 9.07 Å². The molecule has 25 heavy (non-hydrogen) atoms. The number of halogens is 1. The van der Waals surface area contributed by atoms with Crippen molar-refractivity contribution in [3.63, 3.8) is 0 Å². The summed E-state index contributed by atoms with van der Waals surface area (Å²) in [6, 6.07) is 13.3. The Kier molecular flexibility index (Phi) is 4.85. The Bertz CT molecular complexity index is 890. The largest absolute Gasteiger partial charge is 0.378 e. The van der Waals surface area contributed by atoms with E-state index in [9.17, 15) is 9.18 Å². The third kappa shape index (κ3) is 3.72. The Morgan fingerprint density at radius 3 is 2.68 bits per heavy atom. The maximum absolute atomic E-state index is 13.3. The fourth-order valence-electron chi connectivity index (χ4n) is 2.39. The number of carbonyl (C=O) groups excluding carboxylic acids is 1. The number of benzene rings is 2. The first-order chi connectivity index (χ1) is 12.1. The summed E-state index contributed by atoms with van der Waals surface area (Å²) in [6.45, 7) is 2.14. The predicted molar refractivity (Wildman–Crippen MR) is 91.2 cm³/mol. The highest BCUT2D eigenvalue weighted by atomic mass is 19.1. The highest BCUT2D eigenvalue weighted by molar-refractivity contribution is 6.03. The van der Waals surface area contributed by atoms with Crippen LogP contribution < -0.4 is 5.32 Å². The van der Waals surface area contributed by atoms with Crippen LogP contribution in [0.4, 0.5) is 10.1 Å². The van der Waals surface area contributed by atoms with Gasteiger partial charge in [0, 0.05) is 12.8 Å². The van der Waals surface area contributed by atoms with Gasteiger partial charge in [0.2, 0.25) is 0 Å². The van der Waals surface area contributed by atoms with Gasteiger partial charge in [0.05, 0.1) is 12.3 Å². The molecular formula is C18H17FN4O2. The summed E-state index contributed by atoms with van der Waals surface area (Å²) in [7, 11) is 1.53. The Balaban J connectivity index is 1.93. The van der Waals surface area contributed by atoms with E-state index in [-0.39, 0.29) is 12.3 Å². The summed E-state index contributed by atoms with van der Waals surface area (Å²) < 4.78 is 20.0. The summed E-state index contributed by atoms with van der Waals surface area (Å²) in [5.41, 5.74) is 2.88. The summed E-state index contributed by atoms with van der Waals surface area (Å²) in [5, 5.41) is 10.7. The number of hydrogen-bond donors (Lipinski definition) is 1. The number of rotatable bonds is 5. The Morgan fingerprint density at radius 2 is 2.00 bits per heavy atom. The van der Waals surface area contributed by atoms with Crippen LogP contribution in [-0.4, -0.2) is 28.0 Å². The fraction of sp³-hybridized carbons (Fsp3) is 0.167. The van der Waals surface area contributed by atoms with Crippen LogP contribution in [0.15, 0.2) is 48.5 Å². The van der Waals surface area contributed by atoms with Gasteiger partial charge in [0.25, 0.3) is 5.91 Å². The Labute approximate surface area is 144 Å². The number of ether oxygens (including phenoxy) is 1. The molecular weight excluding hydrogens is 323 g/mol. The topological polar surface area (TPSA) is 69.0 Å². The van der Waals surface area contributed by atoms with Crippen molar-refractivity contribution in [2.45, 2.75) is 13.5 Å². The Morgan fingerprint density at radius 1 is 1.24 bits per heavy atom. The summed E-state index contributed by atoms with van der Waals surface area (Å²) >= 11 is 0. The van der Waals surface area contributed by atoms with Crippen LogP contribution in [0.5, 0.6) is 0 Å². The van der Waals surface area contributed by atoms with Crippen molar-refractivity contribution >= 4 is 11.6 Å². The first kappa shape index (κ1) is 16.8. The average molecular weight is 340 g/mol. The van der Waals surface area contributed by atoms with Crippen LogP contribution in [0, 0.1) is 12.7 Å². The van der Waals surface area contributed by atoms with E-state index in [4.69, 9.17) is 4.74 Å². The third-order valence-corrected chi connectivity index (χ3v) is 3.62. The number of anilines is 1. The number of nitrogens with one attached hydrogen (secondary N) is 1. The van der Waals surface area contributed by atoms with E-state index in [0.29, 0.717) is 11.4 Å². The van der Waals surface area contributed by atoms with Crippen molar-refractivity contribution in [2.24, 2.45) is 0 Å². The van der Waals surface area contributed by atoms with Crippen molar-refractivity contribution in [1.82, 2.24) is 15.0 Å². The molecule has 1 N–H and O–H groups in total. The monoisotopic (exact) mass is 340 g/mol. The van der Waals surface area contributed by atoms with Gasteiger partial charge in [-0.2, -0.15) is 0 Å². The zero-order valence-corrected chi connectivity index (χ0v) is 13.9. The van der Waals surface area contributed by atoms with E-state index < -0.39 is 11.7 Å². The van der Waals surface area contributed by atoms with Gasteiger partial charge in [0.15, 0.2) is 5.69 Å². The molecule has 3 aromatic rings. The van der Waals surface area contributed by atoms with Gasteiger partial charge in [-0.05, 0) is 37.3 Å². The van der Waals surface area contributed by atoms with Crippen LogP contribution in [0.2, 0.25) is 0 Å². The lowest BCUT2D eigenvalue weighted by Gasteiger charge is -2.08. The van der Waals surface area contributed by atoms with E-state index in [2.05, 4.69) is 15.6 Å². The molecule has 0 atom stereocenters. The van der Waals surface area contributed by atoms with Crippen LogP contribution in [0.1, 0.15) is 21.7 Å². The molecule has 128 valence electrons. The molecule has 3 rings (SSSR count). The van der Waals surface area contributed by atoms with Crippen molar-refractivity contribution in [1.29, 1.82) is 0 Å². The molecule has 0 fully saturated rings. The zero-order valence-electron chi connectivity index (χ0n) is 13.9. The van der Waals surface area contributed by atoms with Crippen molar-refractivity contribution in [3.05, 3.63) is 71.3 Å². The number of hydrogen-bond acceptors (Lipinski definition) is 4. The van der Waals surface area contributed by atoms with Crippen LogP contribution in [-0.2, 0) is 11.3 Å². The second kappa shape index (κ2) is 7.23. The third-order valence-electron chi connectivity index (χ3n) is 3.62. The van der Waals surface area contributed by atoms with Crippen molar-refractivity contribution in [3.8, 4) is 5.69 Å². The van der Waals surface area contributed by atoms with Gasteiger partial charge in [-0.15, -0.1) is 5.10 Å². The Hall–Kier alpha value is -3.06. The number of nitrogens with zero attached hydrogens (tertiary/aromatic N) is 3. The lowest BCUT2D eigenvalue weighted by atomic mass is 10.2. The molecule has 0 aliphatic rings. The van der Waals surface area contributed by atoms with E-state index in [1.165, 1.54) is 25.3 Å². The van der Waals surface area contributed by atoms with Crippen LogP contribution >= 0.6 is 0 Å². The SMILES string of the molecule is COCc1c(C(=O)Nc2cccc(F)c2)nnn1-c1ccc(C)cc1. The number of carbonyl (C=O) groups is 1. The predicted octanol–water partition coefficient (Wildman–Crippen LogP) is 3.11. The number of methoxy groups -OCH3 is 1. The minimum atomic E-state index is -0.476. The van der Waals surface area contributed by atoms with E-state index in [1.54, 1.807) is 10.7 Å². The van der Waals surface area contributed by atoms with Gasteiger partial charge >= 0.3 is 0 Å². The van der Waals surface area contributed by atoms with Crippen LogP contribution in [0.25, 0.3) is 5.69 Å². The maximum Gasteiger partial charge on any atom is 0.278 e. The quantitative estimate of drug-likeness (QED) is 0.775. The average Bonchev–Trinajstić information content (AvgIpc) is 3.00. The van der Waals surface area contributed by atoms with Gasteiger partial charge in [0.1, 0.15) is 11.5 Å². The van der Waals surface area contributed by atoms with Gasteiger partial charge in [-0.3, -0.25) is 4.79 Å². The molecule has 0 bridgehead atoms. The molecule has 0 unspecified atom stereocenters. The maximum atomic E-state index is 13.3. The second-order valence-corrected chi connectivity index (χ2v) is 5.53. The molecule has 0 saturated carbocycles. The van der Waals surface area contributed by atoms with Crippen molar-refractivity contribution in [2.75, 3.05) is 12.4 Å². The second-order valence-electron chi connectivity index (χ2n) is 5.53. The highest BCUT2D eigenvalue weighted by Crippen LogP contribution is 2.17. The number of amides is 1. The van der Waals surface area contributed by atoms with Gasteiger partial charge < -0.3 is 10.1 Å². The molecule has 0 aliphatic carbocycles. The molecule has 7 heteroatoms. The molecule has 0 spiro atoms. The molecule has 1 heterocycles. The van der Waals surface area contributed by atoms with Gasteiger partial charge in [-0.1, -0.05) is 29.0 Å². The van der Waals surface area contributed by atoms with Crippen LogP contribution in [0.3, 0.4) is 0 Å². The zero-order chi connectivity index (χ0) is 17.8. The molecule has 0 aliphatic heterocycles. The van der Waals surface area contributed by atoms with Crippen molar-refractivity contribution < 1.29 is 13.9 Å². The first-order valence-corrected chi connectivity index (χ1v) is 7.66. The van der Waals surface area contributed by atoms with E-state index >= 15 is 0 Å². The standard InChI is InChI=1S/C18H17FN4O2/c1-12-6-8-15(9-7-12)23-16(11-25-2)17(21-22-23)18(24)20-14-5-3-4-13(19)10-14/h3-10H,11H2,1-2H3,(H,20,24). The summed E-state index contributed by atoms with van der Waals surface area (Å²) in [5.74, 6) is -0.908. The molecule has 0 saturated heterocycles. The van der Waals surface area contributed by atoms with E-state index in [0.717, 1.165) is 11.3 Å². The molecule has 6 nitrogen and oxygen atoms in total. The van der Waals surface area contributed by atoms with E-state index in [1.807, 2.05) is 31.2 Å². The summed E-state index contributed by atoms with van der Waals surface area (Å²) in [4.78, 5) is 12.5. The molecule has 1 amide bonds. The minimum Gasteiger partial charge on any atom is -0.378 e. The number of aromatic nitrogens is 3. The number of aryl methyl sites for hydroxylation is 1. The lowest BCUT2D eigenvalue weighted by Crippen LogP contribution is -2.16. The normalized spacial score (nSPS) is 10.7. The lowest BCUT2D eigenvalue weighted by molar-refractivity contribution is 0.101. The smallest absolute Gasteiger partial charge is 0.278 e. The first-order valence-electron chi connectivity index (χ1n) is 7.66. The molecule has 2 aromatic carbocycles. The fourth-order valence-corrected chi connectivity index (χ4v) is 2.39. The minimum absolute atomic E-state index is 0.131. The molecule has 1 aromatic heterocycles.